The summed E-state index contributed by atoms with van der Waals surface area (Å²) in [4.78, 5) is 2.25. The average Bonchev–Trinajstić information content (AvgIpc) is 2.42. The van der Waals surface area contributed by atoms with E-state index in [1.54, 1.807) is 0 Å². The van der Waals surface area contributed by atoms with Crippen molar-refractivity contribution in [1.82, 2.24) is 10.2 Å². The Hall–Kier alpha value is -0.590. The predicted molar refractivity (Wildman–Crippen MR) is 75.3 cm³/mol. The summed E-state index contributed by atoms with van der Waals surface area (Å²) in [5.41, 5.74) is -0.964. The number of hydrogen-bond acceptors (Lipinski definition) is 2. The van der Waals surface area contributed by atoms with E-state index in [0.717, 1.165) is 39.0 Å². The SMILES string of the molecule is C#CC1CCN(CC2(F)CCNCC2)CC1.CC. The van der Waals surface area contributed by atoms with Crippen LogP contribution in [0.1, 0.15) is 39.5 Å². The minimum atomic E-state index is -0.964. The van der Waals surface area contributed by atoms with Crippen molar-refractivity contribution in [3.8, 4) is 12.3 Å². The van der Waals surface area contributed by atoms with Crippen LogP contribution in [0, 0.1) is 18.3 Å². The summed E-state index contributed by atoms with van der Waals surface area (Å²) >= 11 is 0. The molecular weight excluding hydrogens is 227 g/mol. The van der Waals surface area contributed by atoms with Gasteiger partial charge in [0.1, 0.15) is 5.67 Å². The number of piperidine rings is 2. The van der Waals surface area contributed by atoms with Gasteiger partial charge in [0.05, 0.1) is 0 Å². The van der Waals surface area contributed by atoms with E-state index in [-0.39, 0.29) is 0 Å². The van der Waals surface area contributed by atoms with Crippen molar-refractivity contribution in [2.75, 3.05) is 32.7 Å². The summed E-state index contributed by atoms with van der Waals surface area (Å²) in [6, 6.07) is 0. The molecule has 0 amide bonds. The molecular formula is C15H27FN2. The molecule has 0 unspecified atom stereocenters. The molecule has 2 saturated heterocycles. The Labute approximate surface area is 111 Å². The molecule has 0 aromatic carbocycles. The molecule has 0 aromatic heterocycles. The molecule has 2 aliphatic rings. The minimum Gasteiger partial charge on any atom is -0.316 e. The van der Waals surface area contributed by atoms with Crippen LogP contribution < -0.4 is 5.32 Å². The Morgan fingerprint density at radius 3 is 2.33 bits per heavy atom. The lowest BCUT2D eigenvalue weighted by atomic mass is 9.91. The van der Waals surface area contributed by atoms with E-state index in [4.69, 9.17) is 6.42 Å². The van der Waals surface area contributed by atoms with Crippen LogP contribution in [0.25, 0.3) is 0 Å². The zero-order valence-electron chi connectivity index (χ0n) is 11.8. The number of nitrogens with one attached hydrogen (secondary N) is 1. The zero-order valence-corrected chi connectivity index (χ0v) is 11.8. The van der Waals surface area contributed by atoms with E-state index in [1.165, 1.54) is 0 Å². The average molecular weight is 254 g/mol. The first kappa shape index (κ1) is 15.5. The predicted octanol–water partition coefficient (Wildman–Crippen LogP) is 2.45. The molecule has 0 aliphatic carbocycles. The highest BCUT2D eigenvalue weighted by molar-refractivity contribution is 4.97. The summed E-state index contributed by atoms with van der Waals surface area (Å²) in [7, 11) is 0. The standard InChI is InChI=1S/C13H21FN2.C2H6/c1-2-12-3-9-16(10-4-12)11-13(14)5-7-15-8-6-13;1-2/h1,12,15H,3-11H2;1-2H3. The van der Waals surface area contributed by atoms with Crippen molar-refractivity contribution in [2.45, 2.75) is 45.2 Å². The quantitative estimate of drug-likeness (QED) is 0.762. The number of rotatable bonds is 2. The molecule has 2 fully saturated rings. The molecule has 0 aromatic rings. The van der Waals surface area contributed by atoms with Gasteiger partial charge in [-0.15, -0.1) is 12.3 Å². The first-order chi connectivity index (χ1) is 8.72. The highest BCUT2D eigenvalue weighted by atomic mass is 19.1. The maximum atomic E-state index is 14.4. The molecule has 2 rings (SSSR count). The molecule has 18 heavy (non-hydrogen) atoms. The third-order valence-electron chi connectivity index (χ3n) is 3.83. The second kappa shape index (κ2) is 7.76. The van der Waals surface area contributed by atoms with Crippen LogP contribution in [0.2, 0.25) is 0 Å². The maximum Gasteiger partial charge on any atom is 0.126 e. The van der Waals surface area contributed by atoms with Crippen LogP contribution in [0.5, 0.6) is 0 Å². The molecule has 0 bridgehead atoms. The van der Waals surface area contributed by atoms with E-state index >= 15 is 0 Å². The number of terminal acetylenes is 1. The molecule has 0 saturated carbocycles. The van der Waals surface area contributed by atoms with Gasteiger partial charge in [-0.3, -0.25) is 0 Å². The van der Waals surface area contributed by atoms with Crippen LogP contribution in [-0.2, 0) is 0 Å². The minimum absolute atomic E-state index is 0.417. The van der Waals surface area contributed by atoms with E-state index in [2.05, 4.69) is 16.1 Å². The fourth-order valence-corrected chi connectivity index (χ4v) is 2.69. The summed E-state index contributed by atoms with van der Waals surface area (Å²) in [6.07, 6.45) is 8.78. The van der Waals surface area contributed by atoms with Crippen molar-refractivity contribution >= 4 is 0 Å². The third kappa shape index (κ3) is 4.59. The second-order valence-corrected chi connectivity index (χ2v) is 5.12. The molecule has 104 valence electrons. The van der Waals surface area contributed by atoms with Gasteiger partial charge < -0.3 is 10.2 Å². The summed E-state index contributed by atoms with van der Waals surface area (Å²) in [6.45, 7) is 8.17. The van der Waals surface area contributed by atoms with Gasteiger partial charge in [0.2, 0.25) is 0 Å². The van der Waals surface area contributed by atoms with E-state index in [9.17, 15) is 4.39 Å². The molecule has 0 atom stereocenters. The van der Waals surface area contributed by atoms with Gasteiger partial charge in [-0.1, -0.05) is 13.8 Å². The van der Waals surface area contributed by atoms with Gasteiger partial charge in [-0.25, -0.2) is 4.39 Å². The van der Waals surface area contributed by atoms with E-state index in [1.807, 2.05) is 13.8 Å². The summed E-state index contributed by atoms with van der Waals surface area (Å²) in [5.74, 6) is 3.22. The fourth-order valence-electron chi connectivity index (χ4n) is 2.69. The molecule has 2 heterocycles. The Morgan fingerprint density at radius 2 is 1.83 bits per heavy atom. The maximum absolute atomic E-state index is 14.4. The monoisotopic (exact) mass is 254 g/mol. The highest BCUT2D eigenvalue weighted by Gasteiger charge is 2.34. The number of nitrogens with zero attached hydrogens (tertiary/aromatic N) is 1. The number of alkyl halides is 1. The fraction of sp³-hybridized carbons (Fsp3) is 0.867. The number of hydrogen-bond donors (Lipinski definition) is 1. The third-order valence-corrected chi connectivity index (χ3v) is 3.83. The van der Waals surface area contributed by atoms with Gasteiger partial charge in [-0.05, 0) is 51.9 Å². The van der Waals surface area contributed by atoms with Crippen LogP contribution >= 0.6 is 0 Å². The van der Waals surface area contributed by atoms with Crippen LogP contribution in [0.3, 0.4) is 0 Å². The Balaban J connectivity index is 0.000000771. The van der Waals surface area contributed by atoms with Gasteiger partial charge >= 0.3 is 0 Å². The molecule has 1 N–H and O–H groups in total. The lowest BCUT2D eigenvalue weighted by Gasteiger charge is -2.37. The summed E-state index contributed by atoms with van der Waals surface area (Å²) in [5, 5.41) is 3.21. The Kier molecular flexibility index (Phi) is 6.67. The first-order valence-electron chi connectivity index (χ1n) is 7.30. The van der Waals surface area contributed by atoms with Gasteiger partial charge in [0.25, 0.3) is 0 Å². The largest absolute Gasteiger partial charge is 0.316 e. The van der Waals surface area contributed by atoms with Crippen molar-refractivity contribution < 1.29 is 4.39 Å². The molecule has 2 aliphatic heterocycles. The van der Waals surface area contributed by atoms with Crippen molar-refractivity contribution in [1.29, 1.82) is 0 Å². The van der Waals surface area contributed by atoms with E-state index < -0.39 is 5.67 Å². The van der Waals surface area contributed by atoms with Gasteiger partial charge in [0, 0.05) is 12.5 Å². The van der Waals surface area contributed by atoms with Crippen LogP contribution in [-0.4, -0.2) is 43.3 Å². The first-order valence-corrected chi connectivity index (χ1v) is 7.30. The Morgan fingerprint density at radius 1 is 1.28 bits per heavy atom. The topological polar surface area (TPSA) is 15.3 Å². The van der Waals surface area contributed by atoms with Crippen LogP contribution in [0.15, 0.2) is 0 Å². The van der Waals surface area contributed by atoms with E-state index in [0.29, 0.717) is 25.3 Å². The van der Waals surface area contributed by atoms with Crippen molar-refractivity contribution in [3.63, 3.8) is 0 Å². The number of likely N-dealkylation sites (tertiary alicyclic amines) is 1. The second-order valence-electron chi connectivity index (χ2n) is 5.12. The van der Waals surface area contributed by atoms with Gasteiger partial charge in [0.15, 0.2) is 0 Å². The smallest absolute Gasteiger partial charge is 0.126 e. The molecule has 0 spiro atoms. The van der Waals surface area contributed by atoms with Crippen molar-refractivity contribution in [2.24, 2.45) is 5.92 Å². The molecule has 0 radical (unpaired) electrons. The Bertz CT molecular complexity index is 258. The van der Waals surface area contributed by atoms with Gasteiger partial charge in [-0.2, -0.15) is 0 Å². The summed E-state index contributed by atoms with van der Waals surface area (Å²) < 4.78 is 14.4. The number of halogens is 1. The van der Waals surface area contributed by atoms with Crippen LogP contribution in [0.4, 0.5) is 4.39 Å². The molecule has 2 nitrogen and oxygen atoms in total. The lowest BCUT2D eigenvalue weighted by molar-refractivity contribution is 0.0498. The van der Waals surface area contributed by atoms with Crippen molar-refractivity contribution in [3.05, 3.63) is 0 Å². The highest BCUT2D eigenvalue weighted by Crippen LogP contribution is 2.26. The zero-order chi connectivity index (χ0) is 13.4. The lowest BCUT2D eigenvalue weighted by Crippen LogP contribution is -2.48. The normalized spacial score (nSPS) is 24.8. The molecule has 3 heteroatoms.